The molecule has 0 spiro atoms. The molecule has 30 heavy (non-hydrogen) atoms. The largest absolute Gasteiger partial charge is 0.497 e. The number of pyridine rings is 1. The lowest BCUT2D eigenvalue weighted by Gasteiger charge is -2.09. The molecular formula is C23H23N3O4. The molecule has 0 unspecified atom stereocenters. The molecule has 7 nitrogen and oxygen atoms in total. The molecule has 3 rings (SSSR count). The van der Waals surface area contributed by atoms with Crippen molar-refractivity contribution in [2.75, 3.05) is 13.7 Å². The minimum atomic E-state index is -0.270. The van der Waals surface area contributed by atoms with E-state index in [9.17, 15) is 9.59 Å². The van der Waals surface area contributed by atoms with Crippen molar-refractivity contribution in [1.82, 2.24) is 15.6 Å². The van der Waals surface area contributed by atoms with Crippen LogP contribution in [0.4, 0.5) is 0 Å². The van der Waals surface area contributed by atoms with Gasteiger partial charge in [-0.05, 0) is 23.3 Å². The van der Waals surface area contributed by atoms with E-state index in [-0.39, 0.29) is 24.8 Å². The van der Waals surface area contributed by atoms with Crippen molar-refractivity contribution < 1.29 is 19.1 Å². The van der Waals surface area contributed by atoms with Gasteiger partial charge in [0.05, 0.1) is 20.1 Å². The van der Waals surface area contributed by atoms with Crippen LogP contribution in [0.1, 0.15) is 11.1 Å². The third-order valence-corrected chi connectivity index (χ3v) is 4.20. The lowest BCUT2D eigenvalue weighted by atomic mass is 10.1. The lowest BCUT2D eigenvalue weighted by molar-refractivity contribution is -0.125. The van der Waals surface area contributed by atoms with E-state index in [1.807, 2.05) is 54.6 Å². The smallest absolute Gasteiger partial charge is 0.239 e. The number of methoxy groups -OCH3 is 1. The number of hydrogen-bond donors (Lipinski definition) is 2. The fourth-order valence-electron chi connectivity index (χ4n) is 2.65. The maximum atomic E-state index is 12.0. The molecular weight excluding hydrogens is 382 g/mol. The van der Waals surface area contributed by atoms with Crippen molar-refractivity contribution in [3.8, 4) is 17.4 Å². The van der Waals surface area contributed by atoms with Gasteiger partial charge in [0.15, 0.2) is 0 Å². The summed E-state index contributed by atoms with van der Waals surface area (Å²) in [5, 5.41) is 5.37. The molecule has 0 fully saturated rings. The quantitative estimate of drug-likeness (QED) is 0.571. The summed E-state index contributed by atoms with van der Waals surface area (Å²) in [6.07, 6.45) is 1.87. The van der Waals surface area contributed by atoms with Crippen LogP contribution in [-0.2, 0) is 22.6 Å². The Balaban J connectivity index is 1.41. The predicted molar refractivity (Wildman–Crippen MR) is 112 cm³/mol. The number of nitrogens with zero attached hydrogens (tertiary/aromatic N) is 1. The van der Waals surface area contributed by atoms with Crippen LogP contribution >= 0.6 is 0 Å². The molecule has 3 aromatic rings. The average molecular weight is 405 g/mol. The number of aromatic nitrogens is 1. The van der Waals surface area contributed by atoms with Gasteiger partial charge in [0, 0.05) is 24.9 Å². The summed E-state index contributed by atoms with van der Waals surface area (Å²) < 4.78 is 10.9. The fraction of sp³-hybridized carbons (Fsp3) is 0.174. The highest BCUT2D eigenvalue weighted by atomic mass is 16.5. The minimum absolute atomic E-state index is 0.0733. The maximum absolute atomic E-state index is 12.0. The monoisotopic (exact) mass is 405 g/mol. The van der Waals surface area contributed by atoms with Gasteiger partial charge in [0.2, 0.25) is 17.7 Å². The van der Waals surface area contributed by atoms with Gasteiger partial charge >= 0.3 is 0 Å². The van der Waals surface area contributed by atoms with Gasteiger partial charge in [-0.2, -0.15) is 0 Å². The van der Waals surface area contributed by atoms with E-state index in [2.05, 4.69) is 15.6 Å². The van der Waals surface area contributed by atoms with Crippen molar-refractivity contribution in [3.63, 3.8) is 0 Å². The van der Waals surface area contributed by atoms with Gasteiger partial charge in [-0.1, -0.05) is 42.5 Å². The number of hydrogen-bond acceptors (Lipinski definition) is 5. The fourth-order valence-corrected chi connectivity index (χ4v) is 2.65. The van der Waals surface area contributed by atoms with E-state index in [0.717, 1.165) is 11.1 Å². The van der Waals surface area contributed by atoms with E-state index in [0.29, 0.717) is 23.9 Å². The highest BCUT2D eigenvalue weighted by Gasteiger charge is 2.07. The number of benzene rings is 2. The summed E-state index contributed by atoms with van der Waals surface area (Å²) in [5.41, 5.74) is 1.72. The number of nitrogens with one attached hydrogen (secondary N) is 2. The van der Waals surface area contributed by atoms with Gasteiger partial charge < -0.3 is 20.1 Å². The molecule has 0 aliphatic rings. The summed E-state index contributed by atoms with van der Waals surface area (Å²) in [6, 6.07) is 20.1. The Morgan fingerprint density at radius 3 is 2.40 bits per heavy atom. The van der Waals surface area contributed by atoms with Crippen LogP contribution in [0.3, 0.4) is 0 Å². The van der Waals surface area contributed by atoms with Crippen LogP contribution in [-0.4, -0.2) is 30.5 Å². The van der Waals surface area contributed by atoms with E-state index >= 15 is 0 Å². The molecule has 154 valence electrons. The molecule has 1 heterocycles. The molecule has 0 atom stereocenters. The first kappa shape index (κ1) is 20.9. The zero-order valence-corrected chi connectivity index (χ0v) is 16.6. The zero-order chi connectivity index (χ0) is 21.2. The third-order valence-electron chi connectivity index (χ3n) is 4.20. The Morgan fingerprint density at radius 2 is 1.67 bits per heavy atom. The number of ether oxygens (including phenoxy) is 2. The predicted octanol–water partition coefficient (Wildman–Crippen LogP) is 2.86. The molecule has 2 aromatic carbocycles. The van der Waals surface area contributed by atoms with Crippen LogP contribution in [0.5, 0.6) is 17.4 Å². The highest BCUT2D eigenvalue weighted by Crippen LogP contribution is 2.23. The first-order valence-corrected chi connectivity index (χ1v) is 9.46. The van der Waals surface area contributed by atoms with E-state index < -0.39 is 0 Å². The minimum Gasteiger partial charge on any atom is -0.497 e. The number of carbonyl (C=O) groups excluding carboxylic acids is 2. The van der Waals surface area contributed by atoms with Gasteiger partial charge in [-0.3, -0.25) is 9.59 Å². The third kappa shape index (κ3) is 6.63. The topological polar surface area (TPSA) is 89.5 Å². The van der Waals surface area contributed by atoms with E-state index in [1.165, 1.54) is 0 Å². The van der Waals surface area contributed by atoms with Gasteiger partial charge in [0.25, 0.3) is 0 Å². The SMILES string of the molecule is COc1cccc(Oc2ccc(CNC(=O)CNC(=O)Cc3ccccc3)cn2)c1. The second-order valence-electron chi connectivity index (χ2n) is 6.50. The van der Waals surface area contributed by atoms with Crippen molar-refractivity contribution in [2.45, 2.75) is 13.0 Å². The zero-order valence-electron chi connectivity index (χ0n) is 16.6. The molecule has 7 heteroatoms. The Morgan fingerprint density at radius 1 is 0.867 bits per heavy atom. The normalized spacial score (nSPS) is 10.2. The first-order chi connectivity index (χ1) is 14.6. The average Bonchev–Trinajstić information content (AvgIpc) is 2.78. The molecule has 0 bridgehead atoms. The first-order valence-electron chi connectivity index (χ1n) is 9.46. The maximum Gasteiger partial charge on any atom is 0.239 e. The second kappa shape index (κ2) is 10.6. The summed E-state index contributed by atoms with van der Waals surface area (Å²) in [5.74, 6) is 1.29. The molecule has 1 aromatic heterocycles. The van der Waals surface area contributed by atoms with Crippen LogP contribution in [0, 0.1) is 0 Å². The highest BCUT2D eigenvalue weighted by molar-refractivity contribution is 5.85. The molecule has 0 saturated carbocycles. The summed E-state index contributed by atoms with van der Waals surface area (Å²) in [4.78, 5) is 28.1. The number of carbonyl (C=O) groups is 2. The van der Waals surface area contributed by atoms with E-state index in [1.54, 1.807) is 25.4 Å². The van der Waals surface area contributed by atoms with Crippen LogP contribution in [0.2, 0.25) is 0 Å². The Bertz CT molecular complexity index is 975. The van der Waals surface area contributed by atoms with Crippen molar-refractivity contribution in [1.29, 1.82) is 0 Å². The van der Waals surface area contributed by atoms with Crippen molar-refractivity contribution in [2.24, 2.45) is 0 Å². The lowest BCUT2D eigenvalue weighted by Crippen LogP contribution is -2.37. The van der Waals surface area contributed by atoms with Crippen LogP contribution in [0.15, 0.2) is 72.9 Å². The molecule has 2 N–H and O–H groups in total. The Hall–Kier alpha value is -3.87. The summed E-state index contributed by atoms with van der Waals surface area (Å²) in [7, 11) is 1.59. The second-order valence-corrected chi connectivity index (χ2v) is 6.50. The van der Waals surface area contributed by atoms with E-state index in [4.69, 9.17) is 9.47 Å². The molecule has 0 aliphatic heterocycles. The van der Waals surface area contributed by atoms with Gasteiger partial charge in [-0.15, -0.1) is 0 Å². The molecule has 0 aliphatic carbocycles. The number of rotatable bonds is 9. The number of amides is 2. The molecule has 2 amide bonds. The van der Waals surface area contributed by atoms with Gasteiger partial charge in [-0.25, -0.2) is 4.98 Å². The van der Waals surface area contributed by atoms with Crippen molar-refractivity contribution >= 4 is 11.8 Å². The molecule has 0 radical (unpaired) electrons. The Labute approximate surface area is 175 Å². The van der Waals surface area contributed by atoms with Crippen LogP contribution in [0.25, 0.3) is 0 Å². The van der Waals surface area contributed by atoms with Gasteiger partial charge in [0.1, 0.15) is 11.5 Å². The summed E-state index contributed by atoms with van der Waals surface area (Å²) >= 11 is 0. The Kier molecular flexibility index (Phi) is 7.38. The van der Waals surface area contributed by atoms with Crippen LogP contribution < -0.4 is 20.1 Å². The standard InChI is InChI=1S/C23H23N3O4/c1-29-19-8-5-9-20(13-19)30-23-11-10-18(15-26-23)14-24-22(28)16-25-21(27)12-17-6-3-2-4-7-17/h2-11,13,15H,12,14,16H2,1H3,(H,24,28)(H,25,27). The summed E-state index contributed by atoms with van der Waals surface area (Å²) in [6.45, 7) is 0.232. The molecule has 0 saturated heterocycles. The van der Waals surface area contributed by atoms with Crippen molar-refractivity contribution in [3.05, 3.63) is 84.1 Å².